The number of hydrogen-bond donors (Lipinski definition) is 1. The van der Waals surface area contributed by atoms with Crippen molar-refractivity contribution in [2.75, 3.05) is 19.5 Å². The van der Waals surface area contributed by atoms with E-state index >= 15 is 0 Å². The molecule has 0 fully saturated rings. The van der Waals surface area contributed by atoms with Gasteiger partial charge in [-0.2, -0.15) is 0 Å². The average Bonchev–Trinajstić information content (AvgIpc) is 3.23. The largest absolute Gasteiger partial charge is 0.493 e. The molecule has 0 aliphatic rings. The van der Waals surface area contributed by atoms with Crippen LogP contribution in [0, 0.1) is 0 Å². The second kappa shape index (κ2) is 8.75. The fraction of sp³-hybridized carbons (Fsp3) is 0.120. The van der Waals surface area contributed by atoms with E-state index in [0.29, 0.717) is 29.2 Å². The van der Waals surface area contributed by atoms with Crippen molar-refractivity contribution in [1.29, 1.82) is 0 Å². The Hall–Kier alpha value is -4.06. The highest BCUT2D eigenvalue weighted by Gasteiger charge is 2.16. The summed E-state index contributed by atoms with van der Waals surface area (Å²) < 4.78 is 12.8. The van der Waals surface area contributed by atoms with Crippen molar-refractivity contribution < 1.29 is 14.3 Å². The van der Waals surface area contributed by atoms with Gasteiger partial charge >= 0.3 is 0 Å². The van der Waals surface area contributed by atoms with Gasteiger partial charge in [0.1, 0.15) is 5.65 Å². The lowest BCUT2D eigenvalue weighted by molar-refractivity contribution is 0.102. The van der Waals surface area contributed by atoms with Gasteiger partial charge in [0.15, 0.2) is 11.5 Å². The maximum Gasteiger partial charge on any atom is 0.255 e. The Kier molecular flexibility index (Phi) is 5.71. The summed E-state index contributed by atoms with van der Waals surface area (Å²) >= 11 is 0. The molecule has 156 valence electrons. The minimum absolute atomic E-state index is 0.230. The minimum atomic E-state index is -0.230. The number of ether oxygens (including phenoxy) is 2. The summed E-state index contributed by atoms with van der Waals surface area (Å²) in [5.41, 5.74) is 4.75. The smallest absolute Gasteiger partial charge is 0.255 e. The Bertz CT molecular complexity index is 1210. The molecule has 0 spiro atoms. The quantitative estimate of drug-likeness (QED) is 0.433. The lowest BCUT2D eigenvalue weighted by Gasteiger charge is -2.14. The molecule has 4 rings (SSSR count). The number of methoxy groups -OCH3 is 2. The van der Waals surface area contributed by atoms with Crippen LogP contribution in [0.2, 0.25) is 0 Å². The van der Waals surface area contributed by atoms with Crippen LogP contribution in [0.3, 0.4) is 0 Å². The van der Waals surface area contributed by atoms with E-state index in [2.05, 4.69) is 16.9 Å². The molecular formula is C25H23N3O3. The maximum atomic E-state index is 12.9. The van der Waals surface area contributed by atoms with E-state index in [0.717, 1.165) is 22.5 Å². The first kappa shape index (κ1) is 20.2. The summed E-state index contributed by atoms with van der Waals surface area (Å²) in [7, 11) is 3.13. The zero-order valence-corrected chi connectivity index (χ0v) is 17.5. The van der Waals surface area contributed by atoms with Crippen LogP contribution in [-0.2, 0) is 6.42 Å². The first-order chi connectivity index (χ1) is 15.1. The van der Waals surface area contributed by atoms with Gasteiger partial charge in [0.05, 0.1) is 19.9 Å². The van der Waals surface area contributed by atoms with E-state index in [1.807, 2.05) is 59.3 Å². The highest BCUT2D eigenvalue weighted by atomic mass is 16.5. The Balaban J connectivity index is 1.56. The van der Waals surface area contributed by atoms with Crippen molar-refractivity contribution in [2.24, 2.45) is 0 Å². The first-order valence-corrected chi connectivity index (χ1v) is 9.84. The van der Waals surface area contributed by atoms with Crippen LogP contribution < -0.4 is 14.8 Å². The molecule has 0 unspecified atom stereocenters. The highest BCUT2D eigenvalue weighted by molar-refractivity contribution is 6.05. The number of amides is 1. The number of fused-ring (bicyclic) bond motifs is 1. The maximum absolute atomic E-state index is 12.9. The Labute approximate surface area is 180 Å². The monoisotopic (exact) mass is 413 g/mol. The van der Waals surface area contributed by atoms with Crippen molar-refractivity contribution in [3.63, 3.8) is 0 Å². The van der Waals surface area contributed by atoms with Gasteiger partial charge in [0.2, 0.25) is 0 Å². The number of benzene rings is 2. The van der Waals surface area contributed by atoms with Crippen LogP contribution in [0.5, 0.6) is 11.5 Å². The molecule has 1 N–H and O–H groups in total. The summed E-state index contributed by atoms with van der Waals surface area (Å²) in [6.07, 6.45) is 6.27. The molecule has 6 heteroatoms. The third kappa shape index (κ3) is 4.14. The highest BCUT2D eigenvalue weighted by Crippen LogP contribution is 2.33. The fourth-order valence-electron chi connectivity index (χ4n) is 3.48. The average molecular weight is 413 g/mol. The SMILES string of the molecule is C=CCc1cc(C(=O)Nc2ccc(-c3cn4ccccc4n3)cc2)cc(OC)c1OC. The number of hydrogen-bond acceptors (Lipinski definition) is 4. The summed E-state index contributed by atoms with van der Waals surface area (Å²) in [5, 5.41) is 2.93. The molecule has 0 aliphatic heterocycles. The molecule has 31 heavy (non-hydrogen) atoms. The van der Waals surface area contributed by atoms with Crippen molar-refractivity contribution >= 4 is 17.2 Å². The van der Waals surface area contributed by atoms with Crippen LogP contribution in [0.1, 0.15) is 15.9 Å². The van der Waals surface area contributed by atoms with Gasteiger partial charge in [0.25, 0.3) is 5.91 Å². The fourth-order valence-corrected chi connectivity index (χ4v) is 3.48. The van der Waals surface area contributed by atoms with Crippen LogP contribution in [-0.4, -0.2) is 29.5 Å². The van der Waals surface area contributed by atoms with Gasteiger partial charge in [-0.25, -0.2) is 4.98 Å². The van der Waals surface area contributed by atoms with E-state index < -0.39 is 0 Å². The second-order valence-electron chi connectivity index (χ2n) is 6.99. The normalized spacial score (nSPS) is 10.6. The molecule has 1 amide bonds. The standard InChI is InChI=1S/C25H23N3O3/c1-4-7-18-14-19(15-22(30-2)24(18)31-3)25(29)26-20-11-9-17(10-12-20)21-16-28-13-6-5-8-23(28)27-21/h4-6,8-16H,1,7H2,2-3H3,(H,26,29). The van der Waals surface area contributed by atoms with Gasteiger partial charge < -0.3 is 19.2 Å². The predicted octanol–water partition coefficient (Wildman–Crippen LogP) is 5.00. The molecule has 2 aromatic heterocycles. The predicted molar refractivity (Wildman–Crippen MR) is 122 cm³/mol. The number of carbonyl (C=O) groups excluding carboxylic acids is 1. The Morgan fingerprint density at radius 2 is 1.94 bits per heavy atom. The Morgan fingerprint density at radius 3 is 2.61 bits per heavy atom. The van der Waals surface area contributed by atoms with Gasteiger partial charge in [0, 0.05) is 34.8 Å². The lowest BCUT2D eigenvalue weighted by atomic mass is 10.0. The summed E-state index contributed by atoms with van der Waals surface area (Å²) in [6, 6.07) is 17.0. The Morgan fingerprint density at radius 1 is 1.13 bits per heavy atom. The van der Waals surface area contributed by atoms with Gasteiger partial charge in [-0.15, -0.1) is 6.58 Å². The molecule has 2 aromatic carbocycles. The van der Waals surface area contributed by atoms with Gasteiger partial charge in [-0.1, -0.05) is 24.3 Å². The van der Waals surface area contributed by atoms with Gasteiger partial charge in [-0.3, -0.25) is 4.79 Å². The van der Waals surface area contributed by atoms with Crippen LogP contribution in [0.25, 0.3) is 16.9 Å². The van der Waals surface area contributed by atoms with E-state index in [9.17, 15) is 4.79 Å². The van der Waals surface area contributed by atoms with Gasteiger partial charge in [-0.05, 0) is 42.8 Å². The second-order valence-corrected chi connectivity index (χ2v) is 6.99. The molecule has 0 radical (unpaired) electrons. The first-order valence-electron chi connectivity index (χ1n) is 9.84. The summed E-state index contributed by atoms with van der Waals surface area (Å²) in [6.45, 7) is 3.77. The van der Waals surface area contributed by atoms with E-state index in [1.165, 1.54) is 0 Å². The molecular weight excluding hydrogens is 390 g/mol. The zero-order chi connectivity index (χ0) is 21.8. The van der Waals surface area contributed by atoms with Crippen LogP contribution in [0.4, 0.5) is 5.69 Å². The van der Waals surface area contributed by atoms with E-state index in [1.54, 1.807) is 32.4 Å². The molecule has 0 atom stereocenters. The van der Waals surface area contributed by atoms with Crippen LogP contribution in [0.15, 0.2) is 79.6 Å². The van der Waals surface area contributed by atoms with Crippen molar-refractivity contribution in [3.8, 4) is 22.8 Å². The molecule has 2 heterocycles. The molecule has 0 saturated carbocycles. The van der Waals surface area contributed by atoms with Crippen molar-refractivity contribution in [2.45, 2.75) is 6.42 Å². The number of rotatable bonds is 7. The number of nitrogens with one attached hydrogen (secondary N) is 1. The summed E-state index contributed by atoms with van der Waals surface area (Å²) in [5.74, 6) is 0.886. The number of aromatic nitrogens is 2. The number of anilines is 1. The van der Waals surface area contributed by atoms with E-state index in [-0.39, 0.29) is 5.91 Å². The zero-order valence-electron chi connectivity index (χ0n) is 17.5. The number of imidazole rings is 1. The molecule has 0 saturated heterocycles. The topological polar surface area (TPSA) is 64.9 Å². The molecule has 0 bridgehead atoms. The summed E-state index contributed by atoms with van der Waals surface area (Å²) in [4.78, 5) is 17.5. The number of pyridine rings is 1. The molecule has 0 aliphatic carbocycles. The number of carbonyl (C=O) groups is 1. The third-order valence-corrected chi connectivity index (χ3v) is 4.98. The van der Waals surface area contributed by atoms with E-state index in [4.69, 9.17) is 9.47 Å². The van der Waals surface area contributed by atoms with Crippen molar-refractivity contribution in [1.82, 2.24) is 9.38 Å². The molecule has 6 nitrogen and oxygen atoms in total. The number of allylic oxidation sites excluding steroid dienone is 1. The third-order valence-electron chi connectivity index (χ3n) is 4.98. The van der Waals surface area contributed by atoms with Crippen molar-refractivity contribution in [3.05, 3.63) is 90.8 Å². The number of nitrogens with zero attached hydrogens (tertiary/aromatic N) is 2. The lowest BCUT2D eigenvalue weighted by Crippen LogP contribution is -2.13. The minimum Gasteiger partial charge on any atom is -0.493 e. The van der Waals surface area contributed by atoms with Crippen LogP contribution >= 0.6 is 0 Å². The molecule has 4 aromatic rings.